The lowest BCUT2D eigenvalue weighted by Gasteiger charge is -2.21. The molecule has 2 nitrogen and oxygen atoms in total. The van der Waals surface area contributed by atoms with E-state index in [9.17, 15) is 0 Å². The largest absolute Gasteiger partial charge is 0.353 e. The van der Waals surface area contributed by atoms with E-state index in [1.165, 1.54) is 22.8 Å². The van der Waals surface area contributed by atoms with E-state index in [4.69, 9.17) is 9.47 Å². The predicted molar refractivity (Wildman–Crippen MR) is 82.5 cm³/mol. The molecule has 104 valence electrons. The van der Waals surface area contributed by atoms with Gasteiger partial charge >= 0.3 is 0 Å². The molecule has 1 aliphatic rings. The van der Waals surface area contributed by atoms with E-state index in [-0.39, 0.29) is 6.29 Å². The van der Waals surface area contributed by atoms with Crippen LogP contribution in [-0.4, -0.2) is 19.5 Å². The van der Waals surface area contributed by atoms with Gasteiger partial charge in [0.25, 0.3) is 0 Å². The Morgan fingerprint density at radius 1 is 1.10 bits per heavy atom. The third kappa shape index (κ3) is 3.27. The van der Waals surface area contributed by atoms with Gasteiger partial charge in [0.15, 0.2) is 6.29 Å². The molecule has 2 aromatic rings. The van der Waals surface area contributed by atoms with Gasteiger partial charge in [-0.15, -0.1) is 0 Å². The minimum Gasteiger partial charge on any atom is -0.353 e. The summed E-state index contributed by atoms with van der Waals surface area (Å²) in [5, 5.41) is 2.55. The summed E-state index contributed by atoms with van der Waals surface area (Å²) in [6, 6.07) is 14.8. The zero-order chi connectivity index (χ0) is 13.6. The molecule has 2 aromatic carbocycles. The van der Waals surface area contributed by atoms with Crippen LogP contribution < -0.4 is 0 Å². The Hall–Kier alpha value is -1.64. The van der Waals surface area contributed by atoms with Gasteiger partial charge < -0.3 is 9.47 Å². The van der Waals surface area contributed by atoms with Crippen LogP contribution in [0.4, 0.5) is 0 Å². The second-order valence-corrected chi connectivity index (χ2v) is 5.10. The van der Waals surface area contributed by atoms with Gasteiger partial charge in [0, 0.05) is 6.61 Å². The van der Waals surface area contributed by atoms with Crippen molar-refractivity contribution >= 4 is 16.8 Å². The van der Waals surface area contributed by atoms with Crippen LogP contribution in [0.1, 0.15) is 24.8 Å². The van der Waals surface area contributed by atoms with Gasteiger partial charge in [-0.1, -0.05) is 54.6 Å². The fourth-order valence-electron chi connectivity index (χ4n) is 2.58. The number of rotatable bonds is 4. The molecular weight excluding hydrogens is 248 g/mol. The van der Waals surface area contributed by atoms with Gasteiger partial charge in [0.05, 0.1) is 6.61 Å². The Morgan fingerprint density at radius 3 is 2.90 bits per heavy atom. The molecule has 20 heavy (non-hydrogen) atoms. The summed E-state index contributed by atoms with van der Waals surface area (Å²) in [6.45, 7) is 1.44. The van der Waals surface area contributed by atoms with E-state index >= 15 is 0 Å². The zero-order valence-electron chi connectivity index (χ0n) is 11.6. The fraction of sp³-hybridized carbons (Fsp3) is 0.333. The summed E-state index contributed by atoms with van der Waals surface area (Å²) in [7, 11) is 0. The predicted octanol–water partition coefficient (Wildman–Crippen LogP) is 4.40. The van der Waals surface area contributed by atoms with Crippen LogP contribution >= 0.6 is 0 Å². The Bertz CT molecular complexity index is 577. The molecule has 0 aromatic heterocycles. The number of fused-ring (bicyclic) bond motifs is 1. The van der Waals surface area contributed by atoms with Crippen molar-refractivity contribution in [3.05, 3.63) is 54.1 Å². The standard InChI is InChI=1S/C18H20O2/c1-2-11-17-15(7-1)8-5-9-16(17)10-6-14-20-18-12-3-4-13-19-18/h1-2,5-11,18H,3-4,12-14H2/b10-6+. The van der Waals surface area contributed by atoms with Crippen molar-refractivity contribution < 1.29 is 9.47 Å². The van der Waals surface area contributed by atoms with Gasteiger partial charge in [-0.25, -0.2) is 0 Å². The highest BCUT2D eigenvalue weighted by Gasteiger charge is 2.12. The Kier molecular flexibility index (Phi) is 4.46. The molecule has 0 bridgehead atoms. The van der Waals surface area contributed by atoms with Crippen LogP contribution in [0.15, 0.2) is 48.5 Å². The SMILES string of the molecule is C(=C\c1cccc2ccccc12)/COC1CCCCO1. The number of benzene rings is 2. The Balaban J connectivity index is 1.62. The first-order chi connectivity index (χ1) is 9.93. The van der Waals surface area contributed by atoms with E-state index in [0.29, 0.717) is 6.61 Å². The van der Waals surface area contributed by atoms with Crippen molar-refractivity contribution in [2.24, 2.45) is 0 Å². The van der Waals surface area contributed by atoms with E-state index in [0.717, 1.165) is 19.4 Å². The molecule has 0 radical (unpaired) electrons. The van der Waals surface area contributed by atoms with Crippen molar-refractivity contribution in [2.75, 3.05) is 13.2 Å². The van der Waals surface area contributed by atoms with Gasteiger partial charge in [0.2, 0.25) is 0 Å². The number of ether oxygens (including phenoxy) is 2. The van der Waals surface area contributed by atoms with Crippen LogP contribution in [-0.2, 0) is 9.47 Å². The lowest BCUT2D eigenvalue weighted by Crippen LogP contribution is -2.22. The molecule has 0 saturated carbocycles. The quantitative estimate of drug-likeness (QED) is 0.818. The monoisotopic (exact) mass is 268 g/mol. The Labute approximate surface area is 120 Å². The molecule has 1 atom stereocenters. The summed E-state index contributed by atoms with van der Waals surface area (Å²) in [4.78, 5) is 0. The lowest BCUT2D eigenvalue weighted by atomic mass is 10.0. The topological polar surface area (TPSA) is 18.5 Å². The molecule has 1 saturated heterocycles. The van der Waals surface area contributed by atoms with Crippen LogP contribution in [0, 0.1) is 0 Å². The minimum atomic E-state index is -0.0130. The van der Waals surface area contributed by atoms with Crippen LogP contribution in [0.25, 0.3) is 16.8 Å². The maximum Gasteiger partial charge on any atom is 0.157 e. The highest BCUT2D eigenvalue weighted by atomic mass is 16.7. The molecule has 1 fully saturated rings. The summed E-state index contributed by atoms with van der Waals surface area (Å²) in [5.74, 6) is 0. The maximum absolute atomic E-state index is 5.71. The first-order valence-electron chi connectivity index (χ1n) is 7.31. The molecule has 0 aliphatic carbocycles. The Morgan fingerprint density at radius 2 is 2.00 bits per heavy atom. The number of hydrogen-bond acceptors (Lipinski definition) is 2. The molecule has 1 unspecified atom stereocenters. The van der Waals surface area contributed by atoms with Crippen molar-refractivity contribution in [3.8, 4) is 0 Å². The summed E-state index contributed by atoms with van der Waals surface area (Å²) in [5.41, 5.74) is 1.23. The minimum absolute atomic E-state index is 0.0130. The first kappa shape index (κ1) is 13.3. The zero-order valence-corrected chi connectivity index (χ0v) is 11.6. The van der Waals surface area contributed by atoms with Gasteiger partial charge in [0.1, 0.15) is 0 Å². The highest BCUT2D eigenvalue weighted by Crippen LogP contribution is 2.19. The van der Waals surface area contributed by atoms with Crippen molar-refractivity contribution in [1.29, 1.82) is 0 Å². The van der Waals surface area contributed by atoms with Crippen molar-refractivity contribution in [2.45, 2.75) is 25.6 Å². The van der Waals surface area contributed by atoms with Crippen molar-refractivity contribution in [3.63, 3.8) is 0 Å². The third-order valence-corrected chi connectivity index (χ3v) is 3.64. The van der Waals surface area contributed by atoms with Gasteiger partial charge in [-0.2, -0.15) is 0 Å². The second kappa shape index (κ2) is 6.69. The van der Waals surface area contributed by atoms with E-state index in [1.807, 2.05) is 0 Å². The molecule has 1 heterocycles. The van der Waals surface area contributed by atoms with Gasteiger partial charge in [-0.3, -0.25) is 0 Å². The molecular formula is C18H20O2. The average molecular weight is 268 g/mol. The second-order valence-electron chi connectivity index (χ2n) is 5.10. The average Bonchev–Trinajstić information content (AvgIpc) is 2.53. The summed E-state index contributed by atoms with van der Waals surface area (Å²) in [6.07, 6.45) is 7.57. The van der Waals surface area contributed by atoms with Crippen LogP contribution in [0.3, 0.4) is 0 Å². The summed E-state index contributed by atoms with van der Waals surface area (Å²) < 4.78 is 11.3. The van der Waals surface area contributed by atoms with E-state index in [2.05, 4.69) is 54.6 Å². The maximum atomic E-state index is 5.71. The number of hydrogen-bond donors (Lipinski definition) is 0. The molecule has 2 heteroatoms. The van der Waals surface area contributed by atoms with Crippen LogP contribution in [0.5, 0.6) is 0 Å². The van der Waals surface area contributed by atoms with Crippen molar-refractivity contribution in [1.82, 2.24) is 0 Å². The van der Waals surface area contributed by atoms with E-state index < -0.39 is 0 Å². The lowest BCUT2D eigenvalue weighted by molar-refractivity contribution is -0.155. The normalized spacial score (nSPS) is 19.7. The van der Waals surface area contributed by atoms with E-state index in [1.54, 1.807) is 0 Å². The molecule has 0 N–H and O–H groups in total. The highest BCUT2D eigenvalue weighted by molar-refractivity contribution is 5.90. The molecule has 0 spiro atoms. The summed E-state index contributed by atoms with van der Waals surface area (Å²) >= 11 is 0. The smallest absolute Gasteiger partial charge is 0.157 e. The fourth-order valence-corrected chi connectivity index (χ4v) is 2.58. The molecule has 1 aliphatic heterocycles. The van der Waals surface area contributed by atoms with Gasteiger partial charge in [-0.05, 0) is 35.6 Å². The first-order valence-corrected chi connectivity index (χ1v) is 7.31. The molecule has 0 amide bonds. The third-order valence-electron chi connectivity index (χ3n) is 3.64. The van der Waals surface area contributed by atoms with Crippen LogP contribution in [0.2, 0.25) is 0 Å². The molecule has 3 rings (SSSR count).